The number of rotatable bonds is 3. The number of nitrogens with one attached hydrogen (secondary N) is 1. The molecule has 1 aliphatic rings. The Morgan fingerprint density at radius 2 is 2.40 bits per heavy atom. The van der Waals surface area contributed by atoms with Crippen molar-refractivity contribution in [1.82, 2.24) is 5.32 Å². The number of aliphatic carboxylic acids is 1. The number of ether oxygens (including phenoxy) is 1. The molecule has 4 heteroatoms. The fraction of sp³-hybridized carbons (Fsp3) is 0.364. The van der Waals surface area contributed by atoms with Gasteiger partial charge in [-0.15, -0.1) is 0 Å². The number of hydrogen-bond donors (Lipinski definition) is 2. The molecule has 1 atom stereocenters. The maximum absolute atomic E-state index is 10.9. The lowest BCUT2D eigenvalue weighted by molar-refractivity contribution is -0.139. The molecule has 1 unspecified atom stereocenters. The molecule has 0 spiro atoms. The van der Waals surface area contributed by atoms with Crippen LogP contribution in [0.25, 0.3) is 0 Å². The zero-order chi connectivity index (χ0) is 10.8. The highest BCUT2D eigenvalue weighted by Gasteiger charge is 2.20. The molecule has 0 saturated carbocycles. The standard InChI is InChI=1S/C11H13NO3/c1-12-10(11(13)14)8-2-3-9-7(6-8)4-5-15-9/h2-3,6,10,12H,4-5H2,1H3,(H,13,14). The van der Waals surface area contributed by atoms with E-state index in [4.69, 9.17) is 9.84 Å². The zero-order valence-electron chi connectivity index (χ0n) is 8.49. The molecule has 1 aromatic carbocycles. The molecular formula is C11H13NO3. The highest BCUT2D eigenvalue weighted by atomic mass is 16.5. The summed E-state index contributed by atoms with van der Waals surface area (Å²) in [6.45, 7) is 0.691. The monoisotopic (exact) mass is 207 g/mol. The number of carbonyl (C=O) groups is 1. The number of carboxylic acid groups (broad SMARTS) is 1. The van der Waals surface area contributed by atoms with E-state index in [1.54, 1.807) is 13.1 Å². The van der Waals surface area contributed by atoms with Crippen molar-refractivity contribution in [3.05, 3.63) is 29.3 Å². The van der Waals surface area contributed by atoms with Crippen LogP contribution >= 0.6 is 0 Å². The number of fused-ring (bicyclic) bond motifs is 1. The molecule has 0 fully saturated rings. The highest BCUT2D eigenvalue weighted by molar-refractivity contribution is 5.75. The Bertz CT molecular complexity index is 389. The third-order valence-electron chi connectivity index (χ3n) is 2.58. The fourth-order valence-electron chi connectivity index (χ4n) is 1.82. The van der Waals surface area contributed by atoms with Crippen LogP contribution in [-0.2, 0) is 11.2 Å². The van der Waals surface area contributed by atoms with E-state index in [1.165, 1.54) is 0 Å². The van der Waals surface area contributed by atoms with Gasteiger partial charge in [0, 0.05) is 6.42 Å². The van der Waals surface area contributed by atoms with E-state index in [0.29, 0.717) is 6.61 Å². The van der Waals surface area contributed by atoms with Crippen LogP contribution < -0.4 is 10.1 Å². The van der Waals surface area contributed by atoms with E-state index in [0.717, 1.165) is 23.3 Å². The normalized spacial score (nSPS) is 15.5. The van der Waals surface area contributed by atoms with Gasteiger partial charge in [0.1, 0.15) is 11.8 Å². The van der Waals surface area contributed by atoms with Crippen molar-refractivity contribution in [3.8, 4) is 5.75 Å². The van der Waals surface area contributed by atoms with E-state index in [-0.39, 0.29) is 0 Å². The summed E-state index contributed by atoms with van der Waals surface area (Å²) in [5, 5.41) is 11.8. The molecule has 0 aliphatic carbocycles. The third-order valence-corrected chi connectivity index (χ3v) is 2.58. The Morgan fingerprint density at radius 3 is 3.07 bits per heavy atom. The minimum atomic E-state index is -0.864. The molecule has 2 rings (SSSR count). The molecule has 0 saturated heterocycles. The van der Waals surface area contributed by atoms with Crippen LogP contribution in [0.4, 0.5) is 0 Å². The van der Waals surface area contributed by atoms with Crippen molar-refractivity contribution in [2.75, 3.05) is 13.7 Å². The first-order valence-corrected chi connectivity index (χ1v) is 4.88. The predicted molar refractivity (Wildman–Crippen MR) is 55.1 cm³/mol. The fourth-order valence-corrected chi connectivity index (χ4v) is 1.82. The largest absolute Gasteiger partial charge is 0.493 e. The average Bonchev–Trinajstić information content (AvgIpc) is 2.65. The summed E-state index contributed by atoms with van der Waals surface area (Å²) in [5.41, 5.74) is 1.86. The van der Waals surface area contributed by atoms with Crippen LogP contribution in [0.15, 0.2) is 18.2 Å². The van der Waals surface area contributed by atoms with Crippen LogP contribution in [0.3, 0.4) is 0 Å². The summed E-state index contributed by atoms with van der Waals surface area (Å²) in [6.07, 6.45) is 0.860. The maximum Gasteiger partial charge on any atom is 0.325 e. The molecular weight excluding hydrogens is 194 g/mol. The van der Waals surface area contributed by atoms with E-state index in [1.807, 2.05) is 12.1 Å². The van der Waals surface area contributed by atoms with E-state index < -0.39 is 12.0 Å². The Kier molecular flexibility index (Phi) is 2.60. The second-order valence-electron chi connectivity index (χ2n) is 3.53. The second-order valence-corrected chi connectivity index (χ2v) is 3.53. The molecule has 4 nitrogen and oxygen atoms in total. The first-order valence-electron chi connectivity index (χ1n) is 4.88. The average molecular weight is 207 g/mol. The van der Waals surface area contributed by atoms with Crippen molar-refractivity contribution >= 4 is 5.97 Å². The molecule has 1 aliphatic heterocycles. The van der Waals surface area contributed by atoms with Gasteiger partial charge in [-0.3, -0.25) is 4.79 Å². The first kappa shape index (κ1) is 9.98. The molecule has 2 N–H and O–H groups in total. The van der Waals surface area contributed by atoms with Gasteiger partial charge >= 0.3 is 5.97 Å². The molecule has 15 heavy (non-hydrogen) atoms. The molecule has 1 aromatic rings. The van der Waals surface area contributed by atoms with Gasteiger partial charge < -0.3 is 15.2 Å². The molecule has 0 bridgehead atoms. The molecule has 1 heterocycles. The summed E-state index contributed by atoms with van der Waals surface area (Å²) in [5.74, 6) is 0.00959. The van der Waals surface area contributed by atoms with Gasteiger partial charge in [0.15, 0.2) is 0 Å². The Morgan fingerprint density at radius 1 is 1.60 bits per heavy atom. The summed E-state index contributed by atoms with van der Waals surface area (Å²) in [4.78, 5) is 10.9. The van der Waals surface area contributed by atoms with Crippen molar-refractivity contribution in [2.24, 2.45) is 0 Å². The summed E-state index contributed by atoms with van der Waals surface area (Å²) >= 11 is 0. The quantitative estimate of drug-likeness (QED) is 0.775. The summed E-state index contributed by atoms with van der Waals surface area (Å²) in [7, 11) is 1.64. The number of likely N-dealkylation sites (N-methyl/N-ethyl adjacent to an activating group) is 1. The Hall–Kier alpha value is -1.55. The maximum atomic E-state index is 10.9. The van der Waals surface area contributed by atoms with E-state index in [2.05, 4.69) is 5.32 Å². The molecule has 80 valence electrons. The minimum Gasteiger partial charge on any atom is -0.493 e. The van der Waals surface area contributed by atoms with Crippen molar-refractivity contribution in [2.45, 2.75) is 12.5 Å². The van der Waals surface area contributed by atoms with Gasteiger partial charge in [0.25, 0.3) is 0 Å². The Balaban J connectivity index is 2.32. The van der Waals surface area contributed by atoms with Gasteiger partial charge in [-0.05, 0) is 30.3 Å². The number of carboxylic acids is 1. The van der Waals surface area contributed by atoms with E-state index in [9.17, 15) is 4.79 Å². The first-order chi connectivity index (χ1) is 7.22. The molecule has 0 aromatic heterocycles. The SMILES string of the molecule is CNC(C(=O)O)c1ccc2c(c1)CCO2. The van der Waals surface area contributed by atoms with Crippen LogP contribution in [0, 0.1) is 0 Å². The van der Waals surface area contributed by atoms with Gasteiger partial charge in [-0.2, -0.15) is 0 Å². The van der Waals surface area contributed by atoms with Crippen LogP contribution in [0.2, 0.25) is 0 Å². The summed E-state index contributed by atoms with van der Waals surface area (Å²) in [6, 6.07) is 4.89. The lowest BCUT2D eigenvalue weighted by Gasteiger charge is -2.12. The summed E-state index contributed by atoms with van der Waals surface area (Å²) < 4.78 is 5.36. The lowest BCUT2D eigenvalue weighted by Crippen LogP contribution is -2.24. The molecule has 0 amide bonds. The minimum absolute atomic E-state index is 0.643. The van der Waals surface area contributed by atoms with Crippen molar-refractivity contribution in [1.29, 1.82) is 0 Å². The second kappa shape index (κ2) is 3.90. The Labute approximate surface area is 87.9 Å². The van der Waals surface area contributed by atoms with Gasteiger partial charge in [0.2, 0.25) is 0 Å². The lowest BCUT2D eigenvalue weighted by atomic mass is 10.0. The zero-order valence-corrected chi connectivity index (χ0v) is 8.49. The van der Waals surface area contributed by atoms with Crippen molar-refractivity contribution < 1.29 is 14.6 Å². The molecule has 0 radical (unpaired) electrons. The van der Waals surface area contributed by atoms with Gasteiger partial charge in [-0.1, -0.05) is 6.07 Å². The van der Waals surface area contributed by atoms with E-state index >= 15 is 0 Å². The van der Waals surface area contributed by atoms with Crippen LogP contribution in [0.1, 0.15) is 17.2 Å². The topological polar surface area (TPSA) is 58.6 Å². The van der Waals surface area contributed by atoms with Crippen LogP contribution in [-0.4, -0.2) is 24.7 Å². The third kappa shape index (κ3) is 1.80. The van der Waals surface area contributed by atoms with Gasteiger partial charge in [-0.25, -0.2) is 0 Å². The van der Waals surface area contributed by atoms with Gasteiger partial charge in [0.05, 0.1) is 6.61 Å². The number of hydrogen-bond acceptors (Lipinski definition) is 3. The highest BCUT2D eigenvalue weighted by Crippen LogP contribution is 2.28. The van der Waals surface area contributed by atoms with Crippen LogP contribution in [0.5, 0.6) is 5.75 Å². The predicted octanol–water partition coefficient (Wildman–Crippen LogP) is 0.967. The van der Waals surface area contributed by atoms with Crippen molar-refractivity contribution in [3.63, 3.8) is 0 Å². The number of benzene rings is 1. The smallest absolute Gasteiger partial charge is 0.325 e.